The van der Waals surface area contributed by atoms with Crippen LogP contribution in [0.5, 0.6) is 0 Å². The first-order valence-corrected chi connectivity index (χ1v) is 11.3. The summed E-state index contributed by atoms with van der Waals surface area (Å²) in [5.41, 5.74) is 4.27. The van der Waals surface area contributed by atoms with E-state index >= 15 is 0 Å². The van der Waals surface area contributed by atoms with Gasteiger partial charge >= 0.3 is 5.97 Å². The van der Waals surface area contributed by atoms with Crippen LogP contribution in [0.1, 0.15) is 28.9 Å². The van der Waals surface area contributed by atoms with E-state index in [1.807, 2.05) is 31.3 Å². The molecule has 0 unspecified atom stereocenters. The van der Waals surface area contributed by atoms with Gasteiger partial charge in [-0.2, -0.15) is 4.98 Å². The third-order valence-corrected chi connectivity index (χ3v) is 6.15. The number of rotatable bonds is 9. The molecule has 4 rings (SSSR count). The first-order valence-electron chi connectivity index (χ1n) is 10.3. The largest absolute Gasteiger partial charge is 0.481 e. The molecule has 3 N–H and O–H groups in total. The number of carboxylic acids is 1. The predicted octanol–water partition coefficient (Wildman–Crippen LogP) is 2.69. The fraction of sp³-hybridized carbons (Fsp3) is 0.318. The molecule has 0 bridgehead atoms. The van der Waals surface area contributed by atoms with Crippen molar-refractivity contribution < 1.29 is 14.7 Å². The van der Waals surface area contributed by atoms with Crippen LogP contribution in [-0.2, 0) is 22.4 Å². The Morgan fingerprint density at radius 1 is 1.22 bits per heavy atom. The van der Waals surface area contributed by atoms with Crippen LogP contribution in [0.25, 0.3) is 16.7 Å². The van der Waals surface area contributed by atoms with E-state index in [2.05, 4.69) is 31.4 Å². The first-order chi connectivity index (χ1) is 15.4. The molecule has 1 amide bonds. The molecule has 166 valence electrons. The van der Waals surface area contributed by atoms with Crippen molar-refractivity contribution in [3.8, 4) is 0 Å². The third-order valence-electron chi connectivity index (χ3n) is 5.31. The molecule has 4 aromatic rings. The summed E-state index contributed by atoms with van der Waals surface area (Å²) in [7, 11) is 0. The van der Waals surface area contributed by atoms with E-state index < -0.39 is 5.97 Å². The molecule has 3 aromatic heterocycles. The van der Waals surface area contributed by atoms with E-state index in [9.17, 15) is 9.59 Å². The van der Waals surface area contributed by atoms with Gasteiger partial charge in [-0.3, -0.25) is 9.59 Å². The Kier molecular flexibility index (Phi) is 6.40. The fourth-order valence-corrected chi connectivity index (χ4v) is 4.41. The number of aliphatic carboxylic acids is 1. The molecule has 0 aliphatic carbocycles. The number of aromatic amines is 1. The van der Waals surface area contributed by atoms with Crippen molar-refractivity contribution in [2.75, 3.05) is 12.3 Å². The third kappa shape index (κ3) is 4.75. The molecule has 1 aromatic carbocycles. The van der Waals surface area contributed by atoms with Crippen molar-refractivity contribution in [1.29, 1.82) is 0 Å². The zero-order valence-corrected chi connectivity index (χ0v) is 18.7. The molecule has 0 spiro atoms. The van der Waals surface area contributed by atoms with Gasteiger partial charge < -0.3 is 15.4 Å². The Hall–Kier alpha value is -3.40. The second-order valence-corrected chi connectivity index (χ2v) is 8.56. The maximum absolute atomic E-state index is 12.2. The topological polar surface area (TPSA) is 125 Å². The highest BCUT2D eigenvalue weighted by atomic mass is 32.2. The Labute approximate surface area is 188 Å². The monoisotopic (exact) mass is 452 g/mol. The highest BCUT2D eigenvalue weighted by Crippen LogP contribution is 2.20. The van der Waals surface area contributed by atoms with Gasteiger partial charge in [-0.05, 0) is 31.9 Å². The standard InChI is InChI=1S/C22H24N6O3S/c1-13-17(11-20(30)31)14(2)28-21(25-13)26-22(27-28)32-10-8-19(29)23-9-7-15-12-24-18-6-4-3-5-16(15)18/h3-6,12,24H,7-11H2,1-2H3,(H,23,29)(H,30,31). The normalized spacial score (nSPS) is 11.3. The molecule has 0 aliphatic heterocycles. The predicted molar refractivity (Wildman–Crippen MR) is 122 cm³/mol. The average Bonchev–Trinajstić information content (AvgIpc) is 3.35. The Morgan fingerprint density at radius 2 is 2.03 bits per heavy atom. The number of para-hydroxylation sites is 1. The second kappa shape index (κ2) is 9.39. The van der Waals surface area contributed by atoms with Crippen LogP contribution >= 0.6 is 11.8 Å². The van der Waals surface area contributed by atoms with Gasteiger partial charge in [-0.15, -0.1) is 5.10 Å². The van der Waals surface area contributed by atoms with Gasteiger partial charge in [0.25, 0.3) is 5.78 Å². The number of thioether (sulfide) groups is 1. The molecule has 0 atom stereocenters. The van der Waals surface area contributed by atoms with Crippen molar-refractivity contribution in [3.05, 3.63) is 53.0 Å². The van der Waals surface area contributed by atoms with Crippen molar-refractivity contribution in [2.24, 2.45) is 0 Å². The van der Waals surface area contributed by atoms with Crippen LogP contribution in [0, 0.1) is 13.8 Å². The van der Waals surface area contributed by atoms with E-state index in [0.717, 1.165) is 11.9 Å². The minimum Gasteiger partial charge on any atom is -0.481 e. The van der Waals surface area contributed by atoms with E-state index in [1.54, 1.807) is 11.4 Å². The highest BCUT2D eigenvalue weighted by molar-refractivity contribution is 7.99. The minimum atomic E-state index is -0.914. The minimum absolute atomic E-state index is 0.0185. The summed E-state index contributed by atoms with van der Waals surface area (Å²) in [6.45, 7) is 4.16. The summed E-state index contributed by atoms with van der Waals surface area (Å²) in [5, 5.41) is 18.2. The van der Waals surface area contributed by atoms with E-state index in [4.69, 9.17) is 5.11 Å². The quantitative estimate of drug-likeness (QED) is 0.333. The molecule has 0 saturated carbocycles. The number of aryl methyl sites for hydroxylation is 2. The van der Waals surface area contributed by atoms with Gasteiger partial charge in [0.05, 0.1) is 6.42 Å². The number of carboxylic acid groups (broad SMARTS) is 1. The van der Waals surface area contributed by atoms with Gasteiger partial charge in [0.1, 0.15) is 0 Å². The van der Waals surface area contributed by atoms with E-state index in [0.29, 0.717) is 46.6 Å². The lowest BCUT2D eigenvalue weighted by Crippen LogP contribution is -2.25. The Bertz CT molecular complexity index is 1300. The number of benzene rings is 1. The lowest BCUT2D eigenvalue weighted by Gasteiger charge is -2.07. The molecule has 32 heavy (non-hydrogen) atoms. The number of fused-ring (bicyclic) bond motifs is 2. The number of aromatic nitrogens is 5. The number of carbonyl (C=O) groups is 2. The van der Waals surface area contributed by atoms with Crippen molar-refractivity contribution in [2.45, 2.75) is 38.3 Å². The summed E-state index contributed by atoms with van der Waals surface area (Å²) in [6, 6.07) is 8.11. The zero-order valence-electron chi connectivity index (χ0n) is 17.9. The number of nitrogens with zero attached hydrogens (tertiary/aromatic N) is 4. The summed E-state index contributed by atoms with van der Waals surface area (Å²) in [6.07, 6.45) is 2.99. The van der Waals surface area contributed by atoms with E-state index in [-0.39, 0.29) is 12.3 Å². The maximum atomic E-state index is 12.2. The lowest BCUT2D eigenvalue weighted by molar-refractivity contribution is -0.136. The zero-order chi connectivity index (χ0) is 22.7. The number of carbonyl (C=O) groups excluding carboxylic acids is 1. The molecular weight excluding hydrogens is 428 g/mol. The Morgan fingerprint density at radius 3 is 2.84 bits per heavy atom. The van der Waals surface area contributed by atoms with Crippen LogP contribution in [-0.4, -0.2) is 53.8 Å². The molecule has 3 heterocycles. The molecule has 9 nitrogen and oxygen atoms in total. The smallest absolute Gasteiger partial charge is 0.307 e. The first kappa shape index (κ1) is 21.8. The van der Waals surface area contributed by atoms with Gasteiger partial charge in [-0.1, -0.05) is 30.0 Å². The maximum Gasteiger partial charge on any atom is 0.307 e. The van der Waals surface area contributed by atoms with Gasteiger partial charge in [0.2, 0.25) is 11.1 Å². The summed E-state index contributed by atoms with van der Waals surface area (Å²) in [5.74, 6) is 0.0353. The molecule has 0 aliphatic rings. The molecular formula is C22H24N6O3S. The molecule has 0 saturated heterocycles. The van der Waals surface area contributed by atoms with E-state index in [1.165, 1.54) is 22.7 Å². The van der Waals surface area contributed by atoms with Crippen LogP contribution in [0.3, 0.4) is 0 Å². The van der Waals surface area contributed by atoms with Gasteiger partial charge in [0.15, 0.2) is 0 Å². The van der Waals surface area contributed by atoms with Crippen molar-refractivity contribution >= 4 is 40.3 Å². The van der Waals surface area contributed by atoms with Crippen LogP contribution in [0.4, 0.5) is 0 Å². The average molecular weight is 453 g/mol. The van der Waals surface area contributed by atoms with Crippen molar-refractivity contribution in [3.63, 3.8) is 0 Å². The van der Waals surface area contributed by atoms with Gasteiger partial charge in [0, 0.05) is 52.8 Å². The number of nitrogens with one attached hydrogen (secondary N) is 2. The summed E-state index contributed by atoms with van der Waals surface area (Å²) in [4.78, 5) is 35.3. The van der Waals surface area contributed by atoms with Crippen LogP contribution in [0.2, 0.25) is 0 Å². The van der Waals surface area contributed by atoms with Crippen LogP contribution < -0.4 is 5.32 Å². The lowest BCUT2D eigenvalue weighted by atomic mass is 10.1. The molecule has 10 heteroatoms. The molecule has 0 radical (unpaired) electrons. The van der Waals surface area contributed by atoms with Gasteiger partial charge in [-0.25, -0.2) is 9.50 Å². The van der Waals surface area contributed by atoms with Crippen LogP contribution in [0.15, 0.2) is 35.6 Å². The number of H-pyrrole nitrogens is 1. The second-order valence-electron chi connectivity index (χ2n) is 7.50. The van der Waals surface area contributed by atoms with Crippen molar-refractivity contribution in [1.82, 2.24) is 29.9 Å². The molecule has 0 fully saturated rings. The number of amides is 1. The highest BCUT2D eigenvalue weighted by Gasteiger charge is 2.16. The number of hydrogen-bond donors (Lipinski definition) is 3. The summed E-state index contributed by atoms with van der Waals surface area (Å²) < 4.78 is 1.56. The number of hydrogen-bond acceptors (Lipinski definition) is 6. The summed E-state index contributed by atoms with van der Waals surface area (Å²) >= 11 is 1.38. The SMILES string of the molecule is Cc1nc2nc(SCCC(=O)NCCc3c[nH]c4ccccc34)nn2c(C)c1CC(=O)O. The fourth-order valence-electron chi connectivity index (χ4n) is 3.66. The Balaban J connectivity index is 1.28.